The van der Waals surface area contributed by atoms with Crippen LogP contribution in [0.2, 0.25) is 0 Å². The molecule has 0 radical (unpaired) electrons. The number of benzene rings is 4. The van der Waals surface area contributed by atoms with E-state index in [0.717, 1.165) is 67.7 Å². The molecule has 59 heavy (non-hydrogen) atoms. The van der Waals surface area contributed by atoms with Crippen molar-refractivity contribution in [3.8, 4) is 23.0 Å². The van der Waals surface area contributed by atoms with E-state index in [9.17, 15) is 0 Å². The molecule has 4 aromatic rings. The van der Waals surface area contributed by atoms with Crippen LogP contribution < -0.4 is 14.2 Å². The fourth-order valence-corrected chi connectivity index (χ4v) is 11.1. The monoisotopic (exact) mass is 926 g/mol. The van der Waals surface area contributed by atoms with Gasteiger partial charge in [-0.3, -0.25) is 0 Å². The molecule has 0 bridgehead atoms. The largest absolute Gasteiger partial charge is 0.496 e. The Morgan fingerprint density at radius 1 is 0.441 bits per heavy atom. The van der Waals surface area contributed by atoms with Gasteiger partial charge in [-0.2, -0.15) is 0 Å². The van der Waals surface area contributed by atoms with E-state index in [1.165, 1.54) is 151 Å². The van der Waals surface area contributed by atoms with Crippen LogP contribution in [0.3, 0.4) is 0 Å². The summed E-state index contributed by atoms with van der Waals surface area (Å²) in [6, 6.07) is 26.8. The van der Waals surface area contributed by atoms with Crippen molar-refractivity contribution < 1.29 is 14.2 Å². The predicted molar refractivity (Wildman–Crippen MR) is 256 cm³/mol. The Hall–Kier alpha value is -2.76. The van der Waals surface area contributed by atoms with Gasteiger partial charge in [0.15, 0.2) is 0 Å². The third-order valence-corrected chi connectivity index (χ3v) is 15.5. The van der Waals surface area contributed by atoms with Crippen molar-refractivity contribution in [3.05, 3.63) is 115 Å². The van der Waals surface area contributed by atoms with Gasteiger partial charge in [-0.15, -0.1) is 0 Å². The van der Waals surface area contributed by atoms with Crippen molar-refractivity contribution in [1.82, 2.24) is 0 Å². The van der Waals surface area contributed by atoms with Crippen LogP contribution >= 0.6 is 31.9 Å². The van der Waals surface area contributed by atoms with Gasteiger partial charge >= 0.3 is 0 Å². The number of unbranched alkanes of at least 4 members (excludes halogenated alkanes) is 8. The molecule has 0 amide bonds. The van der Waals surface area contributed by atoms with Gasteiger partial charge in [-0.25, -0.2) is 0 Å². The van der Waals surface area contributed by atoms with Crippen molar-refractivity contribution in [2.75, 3.05) is 14.2 Å². The van der Waals surface area contributed by atoms with Crippen molar-refractivity contribution >= 4 is 31.9 Å². The first-order chi connectivity index (χ1) is 28.9. The second kappa shape index (κ2) is 24.0. The fourth-order valence-electron chi connectivity index (χ4n) is 10.0. The molecule has 2 aliphatic carbocycles. The number of methoxy groups -OCH3 is 2. The zero-order valence-electron chi connectivity index (χ0n) is 36.8. The first-order valence-electron chi connectivity index (χ1n) is 23.5. The normalized spacial score (nSPS) is 19.4. The standard InChI is InChI=1S/C54H72Br2O3/c1-5-7-9-11-13-15-39-17-25-43(26-18-39)45-29-21-41(22-30-45)37-47-49(57-3)33-35-51(53(47)55)59-52-36-34-50(58-4)48(54(52)56)38-42-23-31-46(32-24-42)44-27-19-40(20-28-44)16-14-12-10-8-6-2/h21-24,29-36,39-40,43-44H,5-20,25-28,37-38H2,1-4H3/t39-,40-,43-,44-. The lowest BCUT2D eigenvalue weighted by Crippen LogP contribution is -2.13. The van der Waals surface area contributed by atoms with E-state index in [0.29, 0.717) is 11.8 Å². The molecule has 0 heterocycles. The molecule has 2 aliphatic rings. The van der Waals surface area contributed by atoms with E-state index in [-0.39, 0.29) is 0 Å². The van der Waals surface area contributed by atoms with Crippen molar-refractivity contribution in [2.45, 2.75) is 167 Å². The summed E-state index contributed by atoms with van der Waals surface area (Å²) >= 11 is 7.88. The van der Waals surface area contributed by atoms with Crippen LogP contribution in [0.5, 0.6) is 23.0 Å². The molecule has 0 spiro atoms. The maximum absolute atomic E-state index is 6.69. The molecule has 0 atom stereocenters. The lowest BCUT2D eigenvalue weighted by atomic mass is 9.77. The summed E-state index contributed by atoms with van der Waals surface area (Å²) in [5.74, 6) is 6.46. The molecule has 5 heteroatoms. The number of halogens is 2. The molecule has 0 aromatic heterocycles. The highest BCUT2D eigenvalue weighted by atomic mass is 79.9. The Morgan fingerprint density at radius 2 is 0.797 bits per heavy atom. The van der Waals surface area contributed by atoms with Crippen molar-refractivity contribution in [2.24, 2.45) is 11.8 Å². The predicted octanol–water partition coefficient (Wildman–Crippen LogP) is 17.5. The Balaban J connectivity index is 1.06. The summed E-state index contributed by atoms with van der Waals surface area (Å²) in [5, 5.41) is 0. The Labute approximate surface area is 375 Å². The molecule has 0 saturated heterocycles. The van der Waals surface area contributed by atoms with Crippen molar-refractivity contribution in [3.63, 3.8) is 0 Å². The Bertz CT molecular complexity index is 1700. The first-order valence-corrected chi connectivity index (χ1v) is 25.0. The average molecular weight is 929 g/mol. The van der Waals surface area contributed by atoms with Crippen LogP contribution in [-0.4, -0.2) is 14.2 Å². The molecule has 0 N–H and O–H groups in total. The number of rotatable bonds is 22. The first kappa shape index (κ1) is 45.8. The number of ether oxygens (including phenoxy) is 3. The zero-order chi connectivity index (χ0) is 41.4. The quantitative estimate of drug-likeness (QED) is 0.0735. The molecule has 2 fully saturated rings. The minimum absolute atomic E-state index is 0.690. The molecule has 320 valence electrons. The molecule has 0 aliphatic heterocycles. The van der Waals surface area contributed by atoms with Gasteiger partial charge in [0.2, 0.25) is 0 Å². The Kier molecular flexibility index (Phi) is 18.6. The minimum atomic E-state index is 0.690. The number of hydrogen-bond acceptors (Lipinski definition) is 3. The molecule has 4 aromatic carbocycles. The summed E-state index contributed by atoms with van der Waals surface area (Å²) < 4.78 is 20.3. The summed E-state index contributed by atoms with van der Waals surface area (Å²) in [7, 11) is 3.49. The van der Waals surface area contributed by atoms with Gasteiger partial charge in [-0.05, 0) is 153 Å². The topological polar surface area (TPSA) is 27.7 Å². The molecule has 3 nitrogen and oxygen atoms in total. The van der Waals surface area contributed by atoms with Gasteiger partial charge in [0.1, 0.15) is 23.0 Å². The van der Waals surface area contributed by atoms with E-state index in [1.54, 1.807) is 14.2 Å². The molecule has 0 unspecified atom stereocenters. The van der Waals surface area contributed by atoms with Crippen LogP contribution in [-0.2, 0) is 12.8 Å². The van der Waals surface area contributed by atoms with Gasteiger partial charge in [-0.1, -0.05) is 139 Å². The van der Waals surface area contributed by atoms with Gasteiger partial charge in [0.05, 0.1) is 23.2 Å². The highest BCUT2D eigenvalue weighted by Gasteiger charge is 2.24. The summed E-state index contributed by atoms with van der Waals surface area (Å²) in [4.78, 5) is 0. The zero-order valence-corrected chi connectivity index (χ0v) is 39.9. The van der Waals surface area contributed by atoms with Gasteiger partial charge < -0.3 is 14.2 Å². The van der Waals surface area contributed by atoms with Crippen LogP contribution in [0.25, 0.3) is 0 Å². The fraction of sp³-hybridized carbons (Fsp3) is 0.556. The number of hydrogen-bond donors (Lipinski definition) is 0. The minimum Gasteiger partial charge on any atom is -0.496 e. The third-order valence-electron chi connectivity index (χ3n) is 13.8. The van der Waals surface area contributed by atoms with Crippen LogP contribution in [0.4, 0.5) is 0 Å². The van der Waals surface area contributed by atoms with Gasteiger partial charge in [0.25, 0.3) is 0 Å². The van der Waals surface area contributed by atoms with E-state index in [2.05, 4.69) is 94.2 Å². The summed E-state index contributed by atoms with van der Waals surface area (Å²) in [5.41, 5.74) is 7.69. The third kappa shape index (κ3) is 13.1. The van der Waals surface area contributed by atoms with E-state index in [4.69, 9.17) is 14.2 Å². The molecule has 2 saturated carbocycles. The van der Waals surface area contributed by atoms with E-state index >= 15 is 0 Å². The SMILES string of the molecule is CCCCCCC[C@H]1CC[C@H](c2ccc(Cc3c(OC)ccc(Oc4ccc(OC)c(Cc5ccc([C@H]6CC[C@H](CCCCCCC)CC6)cc5)c4Br)c3Br)cc2)CC1. The molecular weight excluding hydrogens is 856 g/mol. The van der Waals surface area contributed by atoms with Crippen LogP contribution in [0, 0.1) is 11.8 Å². The lowest BCUT2D eigenvalue weighted by molar-refractivity contribution is 0.302. The summed E-state index contributed by atoms with van der Waals surface area (Å²) in [6.07, 6.45) is 29.1. The highest BCUT2D eigenvalue weighted by molar-refractivity contribution is 9.11. The van der Waals surface area contributed by atoms with Crippen LogP contribution in [0.15, 0.2) is 81.7 Å². The Morgan fingerprint density at radius 3 is 1.15 bits per heavy atom. The molecule has 6 rings (SSSR count). The highest BCUT2D eigenvalue weighted by Crippen LogP contribution is 2.44. The molecular formula is C54H72Br2O3. The average Bonchev–Trinajstić information content (AvgIpc) is 3.27. The van der Waals surface area contributed by atoms with E-state index in [1.807, 2.05) is 24.3 Å². The van der Waals surface area contributed by atoms with E-state index < -0.39 is 0 Å². The second-order valence-electron chi connectivity index (χ2n) is 17.9. The maximum Gasteiger partial charge on any atom is 0.142 e. The summed E-state index contributed by atoms with van der Waals surface area (Å²) in [6.45, 7) is 4.60. The van der Waals surface area contributed by atoms with Gasteiger partial charge in [0, 0.05) is 24.0 Å². The smallest absolute Gasteiger partial charge is 0.142 e. The second-order valence-corrected chi connectivity index (χ2v) is 19.5. The maximum atomic E-state index is 6.69. The lowest BCUT2D eigenvalue weighted by Gasteiger charge is -2.29. The van der Waals surface area contributed by atoms with Crippen molar-refractivity contribution in [1.29, 1.82) is 0 Å². The van der Waals surface area contributed by atoms with Crippen LogP contribution in [0.1, 0.15) is 187 Å².